The number of carboxylic acid groups (broad SMARTS) is 1. The van der Waals surface area contributed by atoms with Gasteiger partial charge in [-0.05, 0) is 38.5 Å². The summed E-state index contributed by atoms with van der Waals surface area (Å²) in [6.07, 6.45) is 2.77. The molecule has 0 aromatic rings. The molecule has 1 saturated heterocycles. The Hall–Kier alpha value is -1.10. The molecule has 1 saturated carbocycles. The summed E-state index contributed by atoms with van der Waals surface area (Å²) in [5.41, 5.74) is -1.10. The Labute approximate surface area is 126 Å². The Morgan fingerprint density at radius 1 is 1.19 bits per heavy atom. The van der Waals surface area contributed by atoms with E-state index in [-0.39, 0.29) is 30.0 Å². The van der Waals surface area contributed by atoms with Crippen molar-refractivity contribution in [3.8, 4) is 0 Å². The summed E-state index contributed by atoms with van der Waals surface area (Å²) in [6.45, 7) is 7.90. The molecule has 5 nitrogen and oxygen atoms in total. The van der Waals surface area contributed by atoms with Crippen LogP contribution in [0.15, 0.2) is 0 Å². The van der Waals surface area contributed by atoms with Crippen LogP contribution in [0.4, 0.5) is 0 Å². The first-order chi connectivity index (χ1) is 9.77. The van der Waals surface area contributed by atoms with Crippen LogP contribution in [0.2, 0.25) is 0 Å². The highest BCUT2D eigenvalue weighted by molar-refractivity contribution is 5.88. The molecule has 21 heavy (non-hydrogen) atoms. The van der Waals surface area contributed by atoms with Crippen molar-refractivity contribution in [2.45, 2.75) is 71.1 Å². The van der Waals surface area contributed by atoms with Gasteiger partial charge in [0.15, 0.2) is 0 Å². The molecule has 1 aliphatic carbocycles. The maximum absolute atomic E-state index is 12.6. The summed E-state index contributed by atoms with van der Waals surface area (Å²) in [6, 6.07) is 0. The Morgan fingerprint density at radius 2 is 1.86 bits per heavy atom. The van der Waals surface area contributed by atoms with Gasteiger partial charge in [0.05, 0.1) is 18.1 Å². The summed E-state index contributed by atoms with van der Waals surface area (Å²) < 4.78 is 5.70. The van der Waals surface area contributed by atoms with Crippen LogP contribution < -0.4 is 5.32 Å². The molecule has 0 radical (unpaired) electrons. The molecule has 5 heteroatoms. The molecule has 1 heterocycles. The lowest BCUT2D eigenvalue weighted by molar-refractivity contribution is -0.151. The van der Waals surface area contributed by atoms with Crippen LogP contribution in [0.3, 0.4) is 0 Å². The fourth-order valence-electron chi connectivity index (χ4n) is 3.95. The second kappa shape index (κ2) is 5.95. The van der Waals surface area contributed by atoms with Crippen molar-refractivity contribution in [1.29, 1.82) is 0 Å². The summed E-state index contributed by atoms with van der Waals surface area (Å²) in [7, 11) is 0. The van der Waals surface area contributed by atoms with Crippen molar-refractivity contribution in [1.82, 2.24) is 5.32 Å². The van der Waals surface area contributed by atoms with E-state index in [1.54, 1.807) is 0 Å². The zero-order valence-corrected chi connectivity index (χ0v) is 13.4. The average Bonchev–Trinajstić information content (AvgIpc) is 2.62. The number of aliphatic carboxylic acids is 1. The second-order valence-corrected chi connectivity index (χ2v) is 7.01. The lowest BCUT2D eigenvalue weighted by Gasteiger charge is -2.38. The van der Waals surface area contributed by atoms with Crippen LogP contribution in [-0.4, -0.2) is 34.7 Å². The van der Waals surface area contributed by atoms with Gasteiger partial charge in [-0.3, -0.25) is 4.79 Å². The van der Waals surface area contributed by atoms with E-state index in [0.29, 0.717) is 18.8 Å². The maximum atomic E-state index is 12.6. The Morgan fingerprint density at radius 3 is 2.33 bits per heavy atom. The van der Waals surface area contributed by atoms with E-state index in [9.17, 15) is 14.7 Å². The zero-order valence-electron chi connectivity index (χ0n) is 13.4. The fraction of sp³-hybridized carbons (Fsp3) is 0.875. The van der Waals surface area contributed by atoms with Crippen molar-refractivity contribution < 1.29 is 19.4 Å². The molecule has 120 valence electrons. The summed E-state index contributed by atoms with van der Waals surface area (Å²) >= 11 is 0. The number of ether oxygens (including phenoxy) is 1. The van der Waals surface area contributed by atoms with Crippen molar-refractivity contribution in [3.05, 3.63) is 0 Å². The highest BCUT2D eigenvalue weighted by Gasteiger charge is 2.48. The molecule has 0 bridgehead atoms. The minimum absolute atomic E-state index is 0.0295. The third kappa shape index (κ3) is 3.07. The molecule has 2 fully saturated rings. The minimum atomic E-state index is -1.10. The maximum Gasteiger partial charge on any atom is 0.329 e. The Kier molecular flexibility index (Phi) is 4.61. The van der Waals surface area contributed by atoms with Crippen molar-refractivity contribution in [2.75, 3.05) is 0 Å². The third-order valence-corrected chi connectivity index (χ3v) is 5.31. The van der Waals surface area contributed by atoms with Gasteiger partial charge in [-0.25, -0.2) is 4.79 Å². The predicted octanol–water partition coefficient (Wildman–Crippen LogP) is 2.20. The molecular weight excluding hydrogens is 270 g/mol. The van der Waals surface area contributed by atoms with Gasteiger partial charge in [0.25, 0.3) is 0 Å². The summed E-state index contributed by atoms with van der Waals surface area (Å²) in [4.78, 5) is 24.4. The van der Waals surface area contributed by atoms with Gasteiger partial charge < -0.3 is 15.2 Å². The number of hydrogen-bond acceptors (Lipinski definition) is 3. The van der Waals surface area contributed by atoms with Gasteiger partial charge in [0.1, 0.15) is 5.54 Å². The van der Waals surface area contributed by atoms with Gasteiger partial charge in [0, 0.05) is 0 Å². The average molecular weight is 297 g/mol. The molecular formula is C16H27NO4. The molecule has 1 amide bonds. The first-order valence-electron chi connectivity index (χ1n) is 7.97. The van der Waals surface area contributed by atoms with Crippen LogP contribution in [0, 0.1) is 17.8 Å². The van der Waals surface area contributed by atoms with E-state index in [1.807, 2.05) is 20.8 Å². The molecule has 2 N–H and O–H groups in total. The molecule has 2 rings (SSSR count). The number of carbonyl (C=O) groups excluding carboxylic acids is 1. The van der Waals surface area contributed by atoms with Gasteiger partial charge in [-0.15, -0.1) is 0 Å². The van der Waals surface area contributed by atoms with E-state index in [1.165, 1.54) is 0 Å². The number of hydrogen-bond donors (Lipinski definition) is 2. The molecule has 1 aliphatic heterocycles. The highest BCUT2D eigenvalue weighted by atomic mass is 16.5. The van der Waals surface area contributed by atoms with Gasteiger partial charge in [-0.1, -0.05) is 26.7 Å². The number of rotatable bonds is 3. The van der Waals surface area contributed by atoms with E-state index in [2.05, 4.69) is 12.2 Å². The quantitative estimate of drug-likeness (QED) is 0.837. The zero-order chi connectivity index (χ0) is 15.8. The SMILES string of the molecule is CC1CCCC(NC(=O)C2C(C)OC(C)C2C)(C(=O)O)C1. The lowest BCUT2D eigenvalue weighted by Crippen LogP contribution is -2.59. The normalized spacial score (nSPS) is 43.5. The molecule has 6 atom stereocenters. The van der Waals surface area contributed by atoms with E-state index in [0.717, 1.165) is 12.8 Å². The standard InChI is InChI=1S/C16H27NO4/c1-9-6-5-7-16(8-9,15(19)20)17-14(18)13-10(2)11(3)21-12(13)4/h9-13H,5-8H2,1-4H3,(H,17,18)(H,19,20). The molecule has 0 aromatic carbocycles. The van der Waals surface area contributed by atoms with Crippen molar-refractivity contribution in [3.63, 3.8) is 0 Å². The number of carboxylic acids is 1. The molecule has 0 spiro atoms. The largest absolute Gasteiger partial charge is 0.480 e. The number of nitrogens with one attached hydrogen (secondary N) is 1. The molecule has 0 aromatic heterocycles. The minimum Gasteiger partial charge on any atom is -0.480 e. The van der Waals surface area contributed by atoms with Crippen molar-refractivity contribution in [2.24, 2.45) is 17.8 Å². The Balaban J connectivity index is 2.14. The second-order valence-electron chi connectivity index (χ2n) is 7.01. The van der Waals surface area contributed by atoms with Crippen LogP contribution in [0.5, 0.6) is 0 Å². The van der Waals surface area contributed by atoms with Crippen LogP contribution >= 0.6 is 0 Å². The smallest absolute Gasteiger partial charge is 0.329 e. The topological polar surface area (TPSA) is 75.6 Å². The van der Waals surface area contributed by atoms with Crippen LogP contribution in [0.1, 0.15) is 53.4 Å². The van der Waals surface area contributed by atoms with E-state index in [4.69, 9.17) is 4.74 Å². The summed E-state index contributed by atoms with van der Waals surface area (Å²) in [5, 5.41) is 12.5. The predicted molar refractivity (Wildman–Crippen MR) is 78.8 cm³/mol. The summed E-state index contributed by atoms with van der Waals surface area (Å²) in [5.74, 6) is -0.922. The van der Waals surface area contributed by atoms with Crippen LogP contribution in [0.25, 0.3) is 0 Å². The monoisotopic (exact) mass is 297 g/mol. The Bertz CT molecular complexity index is 425. The first kappa shape index (κ1) is 16.3. The highest BCUT2D eigenvalue weighted by Crippen LogP contribution is 2.36. The first-order valence-corrected chi connectivity index (χ1v) is 7.97. The lowest BCUT2D eigenvalue weighted by atomic mass is 9.75. The molecule has 2 aliphatic rings. The van der Waals surface area contributed by atoms with Gasteiger partial charge in [0.2, 0.25) is 5.91 Å². The number of carbonyl (C=O) groups is 2. The van der Waals surface area contributed by atoms with Crippen LogP contribution in [-0.2, 0) is 14.3 Å². The van der Waals surface area contributed by atoms with Gasteiger partial charge >= 0.3 is 5.97 Å². The van der Waals surface area contributed by atoms with Crippen molar-refractivity contribution >= 4 is 11.9 Å². The number of amides is 1. The molecule has 6 unspecified atom stereocenters. The van der Waals surface area contributed by atoms with Gasteiger partial charge in [-0.2, -0.15) is 0 Å². The van der Waals surface area contributed by atoms with E-state index >= 15 is 0 Å². The fourth-order valence-corrected chi connectivity index (χ4v) is 3.95. The third-order valence-electron chi connectivity index (χ3n) is 5.31. The van der Waals surface area contributed by atoms with E-state index < -0.39 is 11.5 Å².